The highest BCUT2D eigenvalue weighted by Gasteiger charge is 2.27. The lowest BCUT2D eigenvalue weighted by Crippen LogP contribution is -2.37. The Morgan fingerprint density at radius 2 is 2.10 bits per heavy atom. The lowest BCUT2D eigenvalue weighted by Gasteiger charge is -2.27. The summed E-state index contributed by atoms with van der Waals surface area (Å²) in [6, 6.07) is 0.245. The second-order valence-electron chi connectivity index (χ2n) is 5.19. The molecule has 0 spiro atoms. The molecule has 0 saturated carbocycles. The van der Waals surface area contributed by atoms with Gasteiger partial charge in [0.15, 0.2) is 16.6 Å². The molecule has 1 N–H and O–H groups in total. The van der Waals surface area contributed by atoms with Gasteiger partial charge in [-0.2, -0.15) is 0 Å². The van der Waals surface area contributed by atoms with Gasteiger partial charge in [0.2, 0.25) is 0 Å². The topological polar surface area (TPSA) is 73.7 Å². The number of anilines is 1. The number of aromatic nitrogens is 1. The van der Waals surface area contributed by atoms with Gasteiger partial charge in [-0.15, -0.1) is 0 Å². The monoisotopic (exact) mass is 297 g/mol. The molecule has 0 bridgehead atoms. The Bertz CT molecular complexity index is 497. The molecule has 6 nitrogen and oxygen atoms in total. The fourth-order valence-electron chi connectivity index (χ4n) is 2.47. The minimum absolute atomic E-state index is 0.123. The first-order chi connectivity index (χ1) is 9.40. The van der Waals surface area contributed by atoms with E-state index < -0.39 is 5.97 Å². The molecule has 1 aromatic rings. The fraction of sp³-hybridized carbons (Fsp3) is 0.615. The number of hydrogen-bond acceptors (Lipinski definition) is 6. The van der Waals surface area contributed by atoms with Gasteiger partial charge in [0.05, 0.1) is 0 Å². The number of aromatic carboxylic acids is 1. The Balaban J connectivity index is 2.34. The standard InChI is InChI=1S/C13H19N3O3S/c1-8-7-15(3)5-4-6-16(8)13-14-10(12(18)19)11(20-13)9(2)17/h8H,4-7H2,1-3H3,(H,18,19). The molecule has 0 amide bonds. The molecular weight excluding hydrogens is 278 g/mol. The summed E-state index contributed by atoms with van der Waals surface area (Å²) in [4.78, 5) is 31.5. The van der Waals surface area contributed by atoms with E-state index in [0.717, 1.165) is 26.1 Å². The maximum Gasteiger partial charge on any atom is 0.356 e. The van der Waals surface area contributed by atoms with Crippen molar-refractivity contribution in [2.24, 2.45) is 0 Å². The second kappa shape index (κ2) is 5.88. The van der Waals surface area contributed by atoms with Crippen LogP contribution in [0.25, 0.3) is 0 Å². The summed E-state index contributed by atoms with van der Waals surface area (Å²) in [6.45, 7) is 6.21. The predicted octanol–water partition coefficient (Wildman–Crippen LogP) is 1.57. The summed E-state index contributed by atoms with van der Waals surface area (Å²) in [5.74, 6) is -1.39. The summed E-state index contributed by atoms with van der Waals surface area (Å²) in [5.41, 5.74) is -0.123. The van der Waals surface area contributed by atoms with E-state index in [1.165, 1.54) is 18.3 Å². The van der Waals surface area contributed by atoms with Crippen LogP contribution < -0.4 is 4.90 Å². The van der Waals surface area contributed by atoms with Gasteiger partial charge >= 0.3 is 5.97 Å². The third-order valence-corrected chi connectivity index (χ3v) is 4.62. The van der Waals surface area contributed by atoms with Crippen molar-refractivity contribution < 1.29 is 14.7 Å². The zero-order valence-corrected chi connectivity index (χ0v) is 12.7. The second-order valence-corrected chi connectivity index (χ2v) is 6.17. The maximum atomic E-state index is 11.5. The highest BCUT2D eigenvalue weighted by molar-refractivity contribution is 7.17. The van der Waals surface area contributed by atoms with Crippen LogP contribution in [0.2, 0.25) is 0 Å². The average molecular weight is 297 g/mol. The Labute approximate surface area is 122 Å². The molecule has 1 saturated heterocycles. The molecule has 1 aliphatic rings. The van der Waals surface area contributed by atoms with Crippen LogP contribution in [0, 0.1) is 0 Å². The predicted molar refractivity (Wildman–Crippen MR) is 78.0 cm³/mol. The van der Waals surface area contributed by atoms with Crippen molar-refractivity contribution in [3.63, 3.8) is 0 Å². The number of ketones is 1. The molecule has 1 fully saturated rings. The van der Waals surface area contributed by atoms with E-state index in [9.17, 15) is 9.59 Å². The molecule has 1 unspecified atom stereocenters. The Hall–Kier alpha value is -1.47. The highest BCUT2D eigenvalue weighted by atomic mass is 32.1. The number of Topliss-reactive ketones (excluding diaryl/α,β-unsaturated/α-hetero) is 1. The number of thiazole rings is 1. The largest absolute Gasteiger partial charge is 0.476 e. The van der Waals surface area contributed by atoms with E-state index in [1.54, 1.807) is 0 Å². The summed E-state index contributed by atoms with van der Waals surface area (Å²) < 4.78 is 0. The van der Waals surface area contributed by atoms with Gasteiger partial charge in [-0.05, 0) is 26.9 Å². The van der Waals surface area contributed by atoms with Crippen LogP contribution in [0.4, 0.5) is 5.13 Å². The molecular formula is C13H19N3O3S. The van der Waals surface area contributed by atoms with Gasteiger partial charge in [-0.1, -0.05) is 11.3 Å². The molecule has 0 aromatic carbocycles. The quantitative estimate of drug-likeness (QED) is 0.854. The minimum atomic E-state index is -1.14. The first-order valence-corrected chi connectivity index (χ1v) is 7.42. The van der Waals surface area contributed by atoms with Gasteiger partial charge in [-0.25, -0.2) is 9.78 Å². The summed E-state index contributed by atoms with van der Waals surface area (Å²) in [7, 11) is 2.07. The van der Waals surface area contributed by atoms with Gasteiger partial charge in [0, 0.05) is 26.1 Å². The van der Waals surface area contributed by atoms with E-state index in [1.807, 2.05) is 0 Å². The van der Waals surface area contributed by atoms with Crippen LogP contribution in [-0.2, 0) is 0 Å². The van der Waals surface area contributed by atoms with E-state index in [4.69, 9.17) is 5.11 Å². The van der Waals surface area contributed by atoms with Crippen molar-refractivity contribution >= 4 is 28.2 Å². The Morgan fingerprint density at radius 3 is 2.65 bits per heavy atom. The molecule has 0 radical (unpaired) electrons. The highest BCUT2D eigenvalue weighted by Crippen LogP contribution is 2.29. The third-order valence-electron chi connectivity index (χ3n) is 3.43. The van der Waals surface area contributed by atoms with Crippen molar-refractivity contribution in [2.45, 2.75) is 26.3 Å². The normalized spacial score (nSPS) is 20.8. The molecule has 7 heteroatoms. The van der Waals surface area contributed by atoms with E-state index >= 15 is 0 Å². The smallest absolute Gasteiger partial charge is 0.356 e. The van der Waals surface area contributed by atoms with Crippen LogP contribution >= 0.6 is 11.3 Å². The molecule has 2 rings (SSSR count). The number of carbonyl (C=O) groups excluding carboxylic acids is 1. The van der Waals surface area contributed by atoms with Crippen LogP contribution in [0.3, 0.4) is 0 Å². The van der Waals surface area contributed by atoms with Crippen molar-refractivity contribution in [1.82, 2.24) is 9.88 Å². The number of rotatable bonds is 3. The zero-order valence-electron chi connectivity index (χ0n) is 11.9. The van der Waals surface area contributed by atoms with Gasteiger partial charge < -0.3 is 14.9 Å². The molecule has 1 aromatic heterocycles. The number of hydrogen-bond donors (Lipinski definition) is 1. The van der Waals surface area contributed by atoms with Gasteiger partial charge in [0.25, 0.3) is 0 Å². The molecule has 1 atom stereocenters. The summed E-state index contributed by atoms with van der Waals surface area (Å²) in [5, 5.41) is 9.79. The van der Waals surface area contributed by atoms with Crippen molar-refractivity contribution in [1.29, 1.82) is 0 Å². The molecule has 2 heterocycles. The first kappa shape index (κ1) is 14.9. The number of nitrogens with zero attached hydrogens (tertiary/aromatic N) is 3. The van der Waals surface area contributed by atoms with Crippen LogP contribution in [-0.4, -0.2) is 59.5 Å². The van der Waals surface area contributed by atoms with Crippen LogP contribution in [0.15, 0.2) is 0 Å². The molecule has 110 valence electrons. The SMILES string of the molecule is CC(=O)c1sc(N2CCCN(C)CC2C)nc1C(=O)O. The Kier molecular flexibility index (Phi) is 4.39. The molecule has 1 aliphatic heterocycles. The number of carboxylic acid groups (broad SMARTS) is 1. The minimum Gasteiger partial charge on any atom is -0.476 e. The maximum absolute atomic E-state index is 11.5. The van der Waals surface area contributed by atoms with Crippen molar-refractivity contribution in [3.05, 3.63) is 10.6 Å². The number of carbonyl (C=O) groups is 2. The van der Waals surface area contributed by atoms with E-state index in [2.05, 4.69) is 28.8 Å². The molecule has 20 heavy (non-hydrogen) atoms. The van der Waals surface area contributed by atoms with Gasteiger partial charge in [0.1, 0.15) is 4.88 Å². The summed E-state index contributed by atoms with van der Waals surface area (Å²) in [6.07, 6.45) is 0.998. The van der Waals surface area contributed by atoms with E-state index in [-0.39, 0.29) is 22.4 Å². The first-order valence-electron chi connectivity index (χ1n) is 6.60. The van der Waals surface area contributed by atoms with Crippen molar-refractivity contribution in [3.8, 4) is 0 Å². The average Bonchev–Trinajstić information content (AvgIpc) is 2.72. The Morgan fingerprint density at radius 1 is 1.40 bits per heavy atom. The lowest BCUT2D eigenvalue weighted by molar-refractivity contribution is 0.0687. The van der Waals surface area contributed by atoms with Crippen LogP contribution in [0.5, 0.6) is 0 Å². The van der Waals surface area contributed by atoms with Crippen molar-refractivity contribution in [2.75, 3.05) is 31.6 Å². The molecule has 0 aliphatic carbocycles. The number of likely N-dealkylation sites (N-methyl/N-ethyl adjacent to an activating group) is 1. The van der Waals surface area contributed by atoms with Gasteiger partial charge in [-0.3, -0.25) is 4.79 Å². The zero-order chi connectivity index (χ0) is 14.9. The lowest BCUT2D eigenvalue weighted by atomic mass is 10.3. The third kappa shape index (κ3) is 2.99. The van der Waals surface area contributed by atoms with E-state index in [0.29, 0.717) is 5.13 Å². The number of carboxylic acids is 1. The fourth-order valence-corrected chi connectivity index (χ4v) is 3.55. The van der Waals surface area contributed by atoms with Crippen LogP contribution in [0.1, 0.15) is 40.4 Å². The summed E-state index contributed by atoms with van der Waals surface area (Å²) >= 11 is 1.18.